The summed E-state index contributed by atoms with van der Waals surface area (Å²) in [6, 6.07) is 11.3. The average molecular weight is 391 g/mol. The number of hydrogen-bond donors (Lipinski definition) is 2. The van der Waals surface area contributed by atoms with Crippen molar-refractivity contribution in [1.29, 1.82) is 0 Å². The van der Waals surface area contributed by atoms with E-state index >= 15 is 0 Å². The monoisotopic (exact) mass is 390 g/mol. The maximum absolute atomic E-state index is 13.3. The number of amides is 1. The van der Waals surface area contributed by atoms with Crippen molar-refractivity contribution in [2.75, 3.05) is 5.73 Å². The fourth-order valence-corrected chi connectivity index (χ4v) is 3.53. The van der Waals surface area contributed by atoms with Gasteiger partial charge in [0.1, 0.15) is 5.82 Å². The highest BCUT2D eigenvalue weighted by Crippen LogP contribution is 2.31. The molecule has 0 radical (unpaired) electrons. The molecule has 6 heteroatoms. The molecule has 0 saturated heterocycles. The van der Waals surface area contributed by atoms with E-state index in [9.17, 15) is 14.0 Å². The smallest absolute Gasteiger partial charge is 0.221 e. The Hall–Kier alpha value is -2.40. The number of benzene rings is 2. The van der Waals surface area contributed by atoms with Crippen molar-refractivity contribution >= 4 is 29.8 Å². The third-order valence-electron chi connectivity index (χ3n) is 4.86. The van der Waals surface area contributed by atoms with Gasteiger partial charge in [-0.15, -0.1) is 12.4 Å². The number of carbonyl (C=O) groups excluding carboxylic acids is 2. The van der Waals surface area contributed by atoms with Crippen LogP contribution < -0.4 is 11.1 Å². The number of hydrogen-bond acceptors (Lipinski definition) is 3. The molecule has 3 N–H and O–H groups in total. The Labute approximate surface area is 164 Å². The maximum atomic E-state index is 13.3. The van der Waals surface area contributed by atoms with E-state index in [0.717, 1.165) is 30.5 Å². The van der Waals surface area contributed by atoms with Gasteiger partial charge in [0, 0.05) is 23.6 Å². The quantitative estimate of drug-likeness (QED) is 0.592. The molecule has 4 nitrogen and oxygen atoms in total. The van der Waals surface area contributed by atoms with Gasteiger partial charge in [-0.3, -0.25) is 9.59 Å². The predicted molar refractivity (Wildman–Crippen MR) is 106 cm³/mol. The van der Waals surface area contributed by atoms with Crippen molar-refractivity contribution in [3.63, 3.8) is 0 Å². The average Bonchev–Trinajstić information content (AvgIpc) is 2.60. The standard InChI is InChI=1S/C21H23FN2O2.ClH/c1-13(21(26)15-5-2-6-16(22)11-15)10-20(25)24-19-7-3-4-14-12-17(23)8-9-18(14)19;/h2,5-6,8-9,11-13,19H,3-4,7,10,23H2,1H3,(H,24,25);1H. The first-order valence-electron chi connectivity index (χ1n) is 8.91. The molecule has 27 heavy (non-hydrogen) atoms. The molecule has 1 aliphatic carbocycles. The lowest BCUT2D eigenvalue weighted by Gasteiger charge is -2.27. The van der Waals surface area contributed by atoms with Crippen LogP contribution in [0.5, 0.6) is 0 Å². The SMILES string of the molecule is CC(CC(=O)NC1CCCc2cc(N)ccc21)C(=O)c1cccc(F)c1.Cl. The van der Waals surface area contributed by atoms with Crippen molar-refractivity contribution in [1.82, 2.24) is 5.32 Å². The van der Waals surface area contributed by atoms with Crippen LogP contribution in [0.2, 0.25) is 0 Å². The molecule has 2 unspecified atom stereocenters. The zero-order chi connectivity index (χ0) is 18.7. The minimum atomic E-state index is -0.508. The molecule has 3 rings (SSSR count). The van der Waals surface area contributed by atoms with Crippen molar-refractivity contribution in [3.05, 3.63) is 65.0 Å². The Bertz CT molecular complexity index is 841. The Morgan fingerprint density at radius 1 is 1.26 bits per heavy atom. The number of rotatable bonds is 5. The van der Waals surface area contributed by atoms with Gasteiger partial charge in [-0.05, 0) is 54.7 Å². The van der Waals surface area contributed by atoms with E-state index in [1.54, 1.807) is 13.0 Å². The van der Waals surface area contributed by atoms with Crippen LogP contribution in [0.4, 0.5) is 10.1 Å². The summed E-state index contributed by atoms with van der Waals surface area (Å²) in [6.45, 7) is 1.70. The van der Waals surface area contributed by atoms with Gasteiger partial charge in [0.25, 0.3) is 0 Å². The Kier molecular flexibility index (Phi) is 6.97. The first-order valence-corrected chi connectivity index (χ1v) is 8.91. The van der Waals surface area contributed by atoms with Gasteiger partial charge >= 0.3 is 0 Å². The fraction of sp³-hybridized carbons (Fsp3) is 0.333. The van der Waals surface area contributed by atoms with E-state index in [1.165, 1.54) is 23.8 Å². The number of halogens is 2. The second-order valence-electron chi connectivity index (χ2n) is 6.95. The van der Waals surface area contributed by atoms with Crippen LogP contribution in [0.15, 0.2) is 42.5 Å². The highest BCUT2D eigenvalue weighted by Gasteiger charge is 2.24. The fourth-order valence-electron chi connectivity index (χ4n) is 3.53. The van der Waals surface area contributed by atoms with Crippen molar-refractivity contribution in [2.24, 2.45) is 5.92 Å². The molecule has 0 bridgehead atoms. The highest BCUT2D eigenvalue weighted by molar-refractivity contribution is 5.99. The summed E-state index contributed by atoms with van der Waals surface area (Å²) in [6.07, 6.45) is 2.89. The highest BCUT2D eigenvalue weighted by atomic mass is 35.5. The van der Waals surface area contributed by atoms with Gasteiger partial charge in [0.15, 0.2) is 5.78 Å². The first kappa shape index (κ1) is 20.9. The Balaban J connectivity index is 0.00000261. The molecule has 1 amide bonds. The second-order valence-corrected chi connectivity index (χ2v) is 6.95. The first-order chi connectivity index (χ1) is 12.4. The van der Waals surface area contributed by atoms with Gasteiger partial charge in [-0.1, -0.05) is 25.1 Å². The maximum Gasteiger partial charge on any atom is 0.221 e. The van der Waals surface area contributed by atoms with E-state index in [2.05, 4.69) is 5.32 Å². The molecular weight excluding hydrogens is 367 g/mol. The van der Waals surface area contributed by atoms with Crippen LogP contribution in [0.1, 0.15) is 53.7 Å². The second kappa shape index (κ2) is 9.00. The third-order valence-corrected chi connectivity index (χ3v) is 4.86. The lowest BCUT2D eigenvalue weighted by molar-refractivity contribution is -0.122. The van der Waals surface area contributed by atoms with Gasteiger partial charge in [0.2, 0.25) is 5.91 Å². The molecule has 0 aromatic heterocycles. The van der Waals surface area contributed by atoms with Gasteiger partial charge in [0.05, 0.1) is 6.04 Å². The zero-order valence-corrected chi connectivity index (χ0v) is 16.0. The van der Waals surface area contributed by atoms with Crippen LogP contribution in [0.3, 0.4) is 0 Å². The van der Waals surface area contributed by atoms with Crippen LogP contribution in [-0.4, -0.2) is 11.7 Å². The van der Waals surface area contributed by atoms with Gasteiger partial charge in [-0.25, -0.2) is 4.39 Å². The summed E-state index contributed by atoms with van der Waals surface area (Å²) in [5.74, 6) is -1.36. The molecule has 2 aromatic rings. The van der Waals surface area contributed by atoms with Gasteiger partial charge < -0.3 is 11.1 Å². The summed E-state index contributed by atoms with van der Waals surface area (Å²) < 4.78 is 13.3. The summed E-state index contributed by atoms with van der Waals surface area (Å²) in [5.41, 5.74) is 9.14. The molecule has 0 fully saturated rings. The molecule has 0 aliphatic heterocycles. The molecule has 0 saturated carbocycles. The number of carbonyl (C=O) groups is 2. The Morgan fingerprint density at radius 2 is 2.04 bits per heavy atom. The Morgan fingerprint density at radius 3 is 2.78 bits per heavy atom. The number of ketones is 1. The largest absolute Gasteiger partial charge is 0.399 e. The molecular formula is C21H24ClFN2O2. The lowest BCUT2D eigenvalue weighted by atomic mass is 9.87. The summed E-state index contributed by atoms with van der Waals surface area (Å²) in [5, 5.41) is 3.04. The van der Waals surface area contributed by atoms with Crippen molar-refractivity contribution in [3.8, 4) is 0 Å². The minimum absolute atomic E-state index is 0. The van der Waals surface area contributed by atoms with Crippen LogP contribution in [0.25, 0.3) is 0 Å². The van der Waals surface area contributed by atoms with E-state index < -0.39 is 11.7 Å². The number of anilines is 1. The lowest BCUT2D eigenvalue weighted by Crippen LogP contribution is -2.33. The molecule has 0 spiro atoms. The molecule has 2 atom stereocenters. The third kappa shape index (κ3) is 5.07. The van der Waals surface area contributed by atoms with Crippen molar-refractivity contribution in [2.45, 2.75) is 38.6 Å². The van der Waals surface area contributed by atoms with E-state index in [4.69, 9.17) is 5.73 Å². The van der Waals surface area contributed by atoms with Crippen molar-refractivity contribution < 1.29 is 14.0 Å². The summed E-state index contributed by atoms with van der Waals surface area (Å²) in [4.78, 5) is 24.8. The molecule has 2 aromatic carbocycles. The van der Waals surface area contributed by atoms with Crippen LogP contribution >= 0.6 is 12.4 Å². The minimum Gasteiger partial charge on any atom is -0.399 e. The number of nitrogens with one attached hydrogen (secondary N) is 1. The number of Topliss-reactive ketones (excluding diaryl/α,β-unsaturated/α-hetero) is 1. The zero-order valence-electron chi connectivity index (χ0n) is 15.2. The van der Waals surface area contributed by atoms with E-state index in [0.29, 0.717) is 5.56 Å². The number of fused-ring (bicyclic) bond motifs is 1. The predicted octanol–water partition coefficient (Wildman–Crippen LogP) is 4.23. The van der Waals surface area contributed by atoms with Crippen LogP contribution in [-0.2, 0) is 11.2 Å². The summed E-state index contributed by atoms with van der Waals surface area (Å²) in [7, 11) is 0. The summed E-state index contributed by atoms with van der Waals surface area (Å²) >= 11 is 0. The topological polar surface area (TPSA) is 72.2 Å². The van der Waals surface area contributed by atoms with Crippen LogP contribution in [0, 0.1) is 11.7 Å². The number of nitrogen functional groups attached to an aromatic ring is 1. The normalized spacial score (nSPS) is 16.6. The molecule has 144 valence electrons. The van der Waals surface area contributed by atoms with E-state index in [-0.39, 0.29) is 36.6 Å². The molecule has 0 heterocycles. The number of aryl methyl sites for hydroxylation is 1. The number of nitrogens with two attached hydrogens (primary N) is 1. The van der Waals surface area contributed by atoms with Gasteiger partial charge in [-0.2, -0.15) is 0 Å². The molecule has 1 aliphatic rings. The van der Waals surface area contributed by atoms with E-state index in [1.807, 2.05) is 18.2 Å².